The predicted octanol–water partition coefficient (Wildman–Crippen LogP) is 0.830. The van der Waals surface area contributed by atoms with E-state index < -0.39 is 12.1 Å². The third kappa shape index (κ3) is 3.54. The number of aliphatic hydroxyl groups is 2. The van der Waals surface area contributed by atoms with Gasteiger partial charge in [-0.05, 0) is 12.1 Å². The van der Waals surface area contributed by atoms with Crippen molar-refractivity contribution in [2.45, 2.75) is 11.0 Å². The van der Waals surface area contributed by atoms with Crippen molar-refractivity contribution < 1.29 is 20.1 Å². The van der Waals surface area contributed by atoms with Gasteiger partial charge in [-0.15, -0.1) is 11.8 Å². The highest BCUT2D eigenvalue weighted by Gasteiger charge is 2.10. The van der Waals surface area contributed by atoms with E-state index in [2.05, 4.69) is 0 Å². The lowest BCUT2D eigenvalue weighted by Crippen LogP contribution is -2.14. The van der Waals surface area contributed by atoms with Gasteiger partial charge in [-0.1, -0.05) is 12.1 Å². The van der Waals surface area contributed by atoms with E-state index in [1.807, 2.05) is 0 Å². The largest absolute Gasteiger partial charge is 0.478 e. The van der Waals surface area contributed by atoms with Crippen molar-refractivity contribution in [3.05, 3.63) is 29.8 Å². The first-order chi connectivity index (χ1) is 7.15. The molecule has 0 aliphatic rings. The van der Waals surface area contributed by atoms with Crippen LogP contribution in [0, 0.1) is 0 Å². The van der Waals surface area contributed by atoms with Crippen LogP contribution in [0.4, 0.5) is 0 Å². The summed E-state index contributed by atoms with van der Waals surface area (Å²) >= 11 is 1.22. The summed E-state index contributed by atoms with van der Waals surface area (Å²) in [5, 5.41) is 26.6. The van der Waals surface area contributed by atoms with Crippen molar-refractivity contribution in [3.63, 3.8) is 0 Å². The fourth-order valence-electron chi connectivity index (χ4n) is 1.01. The lowest BCUT2D eigenvalue weighted by Gasteiger charge is -2.08. The van der Waals surface area contributed by atoms with Gasteiger partial charge in [-0.3, -0.25) is 0 Å². The molecule has 0 bridgehead atoms. The van der Waals surface area contributed by atoms with E-state index >= 15 is 0 Å². The number of benzene rings is 1. The summed E-state index contributed by atoms with van der Waals surface area (Å²) in [6, 6.07) is 6.57. The summed E-state index contributed by atoms with van der Waals surface area (Å²) < 4.78 is 0. The van der Waals surface area contributed by atoms with Crippen LogP contribution < -0.4 is 0 Å². The number of hydrogen-bond acceptors (Lipinski definition) is 4. The van der Waals surface area contributed by atoms with Gasteiger partial charge >= 0.3 is 5.97 Å². The van der Waals surface area contributed by atoms with Crippen LogP contribution in [0.25, 0.3) is 0 Å². The van der Waals surface area contributed by atoms with Crippen LogP contribution in [0.15, 0.2) is 29.2 Å². The zero-order valence-electron chi connectivity index (χ0n) is 7.96. The average Bonchev–Trinajstić information content (AvgIpc) is 2.26. The number of carboxylic acid groups (broad SMARTS) is 1. The summed E-state index contributed by atoms with van der Waals surface area (Å²) in [5.74, 6) is -0.711. The maximum atomic E-state index is 10.8. The minimum absolute atomic E-state index is 0.215. The summed E-state index contributed by atoms with van der Waals surface area (Å²) in [4.78, 5) is 11.4. The van der Waals surface area contributed by atoms with Gasteiger partial charge in [0.25, 0.3) is 0 Å². The van der Waals surface area contributed by atoms with E-state index in [1.165, 1.54) is 17.8 Å². The van der Waals surface area contributed by atoms with Crippen molar-refractivity contribution in [1.29, 1.82) is 0 Å². The minimum Gasteiger partial charge on any atom is -0.478 e. The predicted molar refractivity (Wildman–Crippen MR) is 57.2 cm³/mol. The quantitative estimate of drug-likeness (QED) is 0.651. The minimum atomic E-state index is -0.989. The fraction of sp³-hybridized carbons (Fsp3) is 0.300. The molecule has 4 nitrogen and oxygen atoms in total. The van der Waals surface area contributed by atoms with E-state index in [4.69, 9.17) is 15.3 Å². The number of carboxylic acids is 1. The van der Waals surface area contributed by atoms with Gasteiger partial charge < -0.3 is 15.3 Å². The SMILES string of the molecule is O=C(O)c1ccccc1SCC(O)CO. The first kappa shape index (κ1) is 12.0. The van der Waals surface area contributed by atoms with Crippen LogP contribution in [0.5, 0.6) is 0 Å². The summed E-state index contributed by atoms with van der Waals surface area (Å²) in [5.41, 5.74) is 0.215. The topological polar surface area (TPSA) is 77.8 Å². The third-order valence-corrected chi connectivity index (χ3v) is 2.98. The van der Waals surface area contributed by atoms with Gasteiger partial charge in [-0.25, -0.2) is 4.79 Å². The molecule has 1 aromatic carbocycles. The second-order valence-corrected chi connectivity index (χ2v) is 4.01. The number of carbonyl (C=O) groups is 1. The lowest BCUT2D eigenvalue weighted by atomic mass is 10.2. The Morgan fingerprint density at radius 1 is 1.40 bits per heavy atom. The maximum absolute atomic E-state index is 10.8. The van der Waals surface area contributed by atoms with E-state index in [-0.39, 0.29) is 17.9 Å². The van der Waals surface area contributed by atoms with Gasteiger partial charge in [0.15, 0.2) is 0 Å². The fourth-order valence-corrected chi connectivity index (χ4v) is 1.97. The Balaban J connectivity index is 2.72. The van der Waals surface area contributed by atoms with Gasteiger partial charge in [0.2, 0.25) is 0 Å². The van der Waals surface area contributed by atoms with E-state index in [9.17, 15) is 4.79 Å². The van der Waals surface area contributed by atoms with E-state index in [1.54, 1.807) is 18.2 Å². The smallest absolute Gasteiger partial charge is 0.336 e. The Kier molecular flexibility index (Phi) is 4.61. The molecule has 0 aromatic heterocycles. The number of hydrogen-bond donors (Lipinski definition) is 3. The summed E-state index contributed by atoms with van der Waals surface area (Å²) in [6.45, 7) is -0.317. The highest BCUT2D eigenvalue weighted by Crippen LogP contribution is 2.23. The molecule has 15 heavy (non-hydrogen) atoms. The molecule has 5 heteroatoms. The number of thioether (sulfide) groups is 1. The molecule has 0 amide bonds. The molecule has 0 fully saturated rings. The molecule has 82 valence electrons. The lowest BCUT2D eigenvalue weighted by molar-refractivity contribution is 0.0693. The first-order valence-corrected chi connectivity index (χ1v) is 5.37. The average molecular weight is 228 g/mol. The Morgan fingerprint density at radius 3 is 2.67 bits per heavy atom. The van der Waals surface area contributed by atoms with Crippen LogP contribution >= 0.6 is 11.8 Å². The van der Waals surface area contributed by atoms with Crippen molar-refractivity contribution in [1.82, 2.24) is 0 Å². The zero-order chi connectivity index (χ0) is 11.3. The van der Waals surface area contributed by atoms with Crippen molar-refractivity contribution in [2.75, 3.05) is 12.4 Å². The standard InChI is InChI=1S/C10H12O4S/c11-5-7(12)6-15-9-4-2-1-3-8(9)10(13)14/h1-4,7,11-12H,5-6H2,(H,13,14). The molecule has 1 unspecified atom stereocenters. The molecule has 1 atom stereocenters. The molecule has 3 N–H and O–H groups in total. The van der Waals surface area contributed by atoms with E-state index in [0.717, 1.165) is 0 Å². The van der Waals surface area contributed by atoms with Gasteiger partial charge in [0.1, 0.15) is 0 Å². The molecular weight excluding hydrogens is 216 g/mol. The first-order valence-electron chi connectivity index (χ1n) is 4.39. The monoisotopic (exact) mass is 228 g/mol. The van der Waals surface area contributed by atoms with Crippen LogP contribution in [0.1, 0.15) is 10.4 Å². The second-order valence-electron chi connectivity index (χ2n) is 2.95. The van der Waals surface area contributed by atoms with Crippen molar-refractivity contribution in [2.24, 2.45) is 0 Å². The summed E-state index contributed by atoms with van der Waals surface area (Å²) in [7, 11) is 0. The van der Waals surface area contributed by atoms with E-state index in [0.29, 0.717) is 4.90 Å². The van der Waals surface area contributed by atoms with Gasteiger partial charge in [0, 0.05) is 10.6 Å². The number of aliphatic hydroxyl groups excluding tert-OH is 2. The number of aromatic carboxylic acids is 1. The maximum Gasteiger partial charge on any atom is 0.336 e. The molecule has 0 spiro atoms. The van der Waals surface area contributed by atoms with Crippen LogP contribution in [-0.4, -0.2) is 39.8 Å². The van der Waals surface area contributed by atoms with Crippen LogP contribution in [0.3, 0.4) is 0 Å². The molecule has 0 saturated carbocycles. The zero-order valence-corrected chi connectivity index (χ0v) is 8.78. The van der Waals surface area contributed by atoms with Gasteiger partial charge in [-0.2, -0.15) is 0 Å². The number of rotatable bonds is 5. The van der Waals surface area contributed by atoms with Crippen LogP contribution in [0.2, 0.25) is 0 Å². The van der Waals surface area contributed by atoms with Crippen molar-refractivity contribution in [3.8, 4) is 0 Å². The molecule has 0 aliphatic carbocycles. The third-order valence-electron chi connectivity index (χ3n) is 1.76. The van der Waals surface area contributed by atoms with Crippen molar-refractivity contribution >= 4 is 17.7 Å². The Labute approximate surface area is 91.6 Å². The molecule has 0 saturated heterocycles. The van der Waals surface area contributed by atoms with Crippen LogP contribution in [-0.2, 0) is 0 Å². The molecule has 0 heterocycles. The molecule has 0 aliphatic heterocycles. The highest BCUT2D eigenvalue weighted by atomic mass is 32.2. The van der Waals surface area contributed by atoms with Gasteiger partial charge in [0.05, 0.1) is 18.3 Å². The highest BCUT2D eigenvalue weighted by molar-refractivity contribution is 7.99. The molecule has 1 rings (SSSR count). The Bertz CT molecular complexity index is 340. The summed E-state index contributed by atoms with van der Waals surface area (Å²) in [6.07, 6.45) is -0.822. The Morgan fingerprint density at radius 2 is 2.07 bits per heavy atom. The molecule has 1 aromatic rings. The molecule has 0 radical (unpaired) electrons. The normalized spacial score (nSPS) is 12.4. The Hall–Kier alpha value is -1.04. The molecular formula is C10H12O4S. The second kappa shape index (κ2) is 5.75.